The van der Waals surface area contributed by atoms with E-state index < -0.39 is 0 Å². The lowest BCUT2D eigenvalue weighted by Gasteiger charge is -2.48. The second-order valence-electron chi connectivity index (χ2n) is 9.02. The monoisotopic (exact) mass is 432 g/mol. The summed E-state index contributed by atoms with van der Waals surface area (Å²) in [7, 11) is 3.76. The number of benzene rings is 2. The molecular weight excluding hydrogens is 404 g/mol. The molecule has 1 atom stereocenters. The molecule has 0 aliphatic carbocycles. The van der Waals surface area contributed by atoms with E-state index in [1.54, 1.807) is 7.11 Å². The number of carbonyl (C=O) groups excluding carboxylic acids is 1. The predicted molar refractivity (Wildman–Crippen MR) is 120 cm³/mol. The first-order valence-corrected chi connectivity index (χ1v) is 11.1. The van der Waals surface area contributed by atoms with Gasteiger partial charge in [-0.15, -0.1) is 0 Å². The van der Waals surface area contributed by atoms with E-state index >= 15 is 0 Å². The second kappa shape index (κ2) is 8.39. The van der Waals surface area contributed by atoms with Crippen LogP contribution in [0.25, 0.3) is 11.4 Å². The van der Waals surface area contributed by atoms with Crippen molar-refractivity contribution in [2.24, 2.45) is 5.41 Å². The maximum Gasteiger partial charge on any atom is 0.244 e. The Morgan fingerprint density at radius 1 is 1.12 bits per heavy atom. The fraction of sp³-hybridized carbons (Fsp3) is 0.400. The summed E-state index contributed by atoms with van der Waals surface area (Å²) < 4.78 is 11.0. The van der Waals surface area contributed by atoms with Crippen molar-refractivity contribution >= 4 is 5.91 Å². The number of methoxy groups -OCH3 is 1. The maximum atomic E-state index is 12.8. The summed E-state index contributed by atoms with van der Waals surface area (Å²) in [4.78, 5) is 21.7. The van der Waals surface area contributed by atoms with Crippen LogP contribution < -0.4 is 4.74 Å². The van der Waals surface area contributed by atoms with E-state index in [2.05, 4.69) is 22.1 Å². The molecule has 2 fully saturated rings. The minimum Gasteiger partial charge on any atom is -0.496 e. The highest BCUT2D eigenvalue weighted by Gasteiger charge is 2.53. The Balaban J connectivity index is 1.18. The Morgan fingerprint density at radius 2 is 1.88 bits per heavy atom. The predicted octanol–water partition coefficient (Wildman–Crippen LogP) is 3.58. The zero-order valence-electron chi connectivity index (χ0n) is 18.5. The largest absolute Gasteiger partial charge is 0.496 e. The average molecular weight is 433 g/mol. The van der Waals surface area contributed by atoms with E-state index in [0.717, 1.165) is 42.9 Å². The molecule has 1 amide bonds. The van der Waals surface area contributed by atoms with Crippen molar-refractivity contribution in [1.82, 2.24) is 19.9 Å². The van der Waals surface area contributed by atoms with Gasteiger partial charge in [-0.05, 0) is 31.5 Å². The summed E-state index contributed by atoms with van der Waals surface area (Å²) in [5, 5.41) is 4.18. The SMILES string of the molecule is COc1ccccc1CCC(=O)N1CC2(CC(c3nc(-c4ccccc4)no3)N(C)C2)C1. The van der Waals surface area contributed by atoms with Crippen molar-refractivity contribution in [2.45, 2.75) is 25.3 Å². The van der Waals surface area contributed by atoms with Gasteiger partial charge in [-0.3, -0.25) is 9.69 Å². The van der Waals surface area contributed by atoms with Crippen molar-refractivity contribution in [3.05, 3.63) is 66.1 Å². The number of amides is 1. The minimum absolute atomic E-state index is 0.0887. The quantitative estimate of drug-likeness (QED) is 0.593. The van der Waals surface area contributed by atoms with Gasteiger partial charge in [-0.25, -0.2) is 0 Å². The normalized spacial score (nSPS) is 19.8. The lowest BCUT2D eigenvalue weighted by atomic mass is 9.77. The van der Waals surface area contributed by atoms with E-state index in [-0.39, 0.29) is 17.4 Å². The number of carbonyl (C=O) groups is 1. The first-order valence-electron chi connectivity index (χ1n) is 11.1. The summed E-state index contributed by atoms with van der Waals surface area (Å²) >= 11 is 0. The second-order valence-corrected chi connectivity index (χ2v) is 9.02. The molecule has 32 heavy (non-hydrogen) atoms. The first-order chi connectivity index (χ1) is 15.6. The van der Waals surface area contributed by atoms with E-state index in [0.29, 0.717) is 24.6 Å². The van der Waals surface area contributed by atoms with Crippen LogP contribution in [0.5, 0.6) is 5.75 Å². The topological polar surface area (TPSA) is 71.7 Å². The fourth-order valence-corrected chi connectivity index (χ4v) is 5.10. The van der Waals surface area contributed by atoms with Gasteiger partial charge in [-0.2, -0.15) is 4.98 Å². The van der Waals surface area contributed by atoms with Crippen LogP contribution in [0.4, 0.5) is 0 Å². The summed E-state index contributed by atoms with van der Waals surface area (Å²) in [5.41, 5.74) is 2.14. The number of hydrogen-bond donors (Lipinski definition) is 0. The molecule has 3 aromatic rings. The van der Waals surface area contributed by atoms with E-state index in [1.165, 1.54) is 0 Å². The van der Waals surface area contributed by atoms with Crippen molar-refractivity contribution in [3.63, 3.8) is 0 Å². The number of likely N-dealkylation sites (tertiary alicyclic amines) is 2. The van der Waals surface area contributed by atoms with Crippen LogP contribution in [0.2, 0.25) is 0 Å². The molecule has 5 rings (SSSR count). The molecule has 0 N–H and O–H groups in total. The molecule has 1 spiro atoms. The molecule has 7 nitrogen and oxygen atoms in total. The van der Waals surface area contributed by atoms with Crippen molar-refractivity contribution in [1.29, 1.82) is 0 Å². The molecule has 1 unspecified atom stereocenters. The van der Waals surface area contributed by atoms with Crippen LogP contribution in [-0.4, -0.2) is 59.6 Å². The number of ether oxygens (including phenoxy) is 1. The molecule has 3 heterocycles. The van der Waals surface area contributed by atoms with Crippen LogP contribution in [-0.2, 0) is 11.2 Å². The lowest BCUT2D eigenvalue weighted by molar-refractivity contribution is -0.142. The van der Waals surface area contributed by atoms with Gasteiger partial charge in [0.05, 0.1) is 13.2 Å². The Labute approximate surface area is 188 Å². The van der Waals surface area contributed by atoms with Gasteiger partial charge in [0.2, 0.25) is 17.6 Å². The Hall–Kier alpha value is -3.19. The molecular formula is C25H28N4O3. The Morgan fingerprint density at radius 3 is 2.66 bits per heavy atom. The third-order valence-electron chi connectivity index (χ3n) is 6.71. The molecule has 2 aliphatic rings. The molecule has 7 heteroatoms. The summed E-state index contributed by atoms with van der Waals surface area (Å²) in [6.45, 7) is 2.51. The highest BCUT2D eigenvalue weighted by Crippen LogP contribution is 2.47. The molecule has 166 valence electrons. The van der Waals surface area contributed by atoms with Crippen LogP contribution >= 0.6 is 0 Å². The zero-order chi connectivity index (χ0) is 22.1. The van der Waals surface area contributed by atoms with Crippen molar-refractivity contribution in [3.8, 4) is 17.1 Å². The highest BCUT2D eigenvalue weighted by atomic mass is 16.5. The standard InChI is InChI=1S/C25H28N4O3/c1-28-15-25(14-20(28)24-26-23(27-32-24)19-9-4-3-5-10-19)16-29(17-25)22(30)13-12-18-8-6-7-11-21(18)31-2/h3-11,20H,12-17H2,1-2H3. The number of aromatic nitrogens is 2. The third kappa shape index (κ3) is 3.88. The van der Waals surface area contributed by atoms with Gasteiger partial charge >= 0.3 is 0 Å². The number of hydrogen-bond acceptors (Lipinski definition) is 6. The van der Waals surface area contributed by atoms with Crippen molar-refractivity contribution in [2.75, 3.05) is 33.8 Å². The van der Waals surface area contributed by atoms with Gasteiger partial charge in [0, 0.05) is 37.0 Å². The zero-order valence-corrected chi connectivity index (χ0v) is 18.5. The smallest absolute Gasteiger partial charge is 0.244 e. The first kappa shape index (κ1) is 20.7. The van der Waals surface area contributed by atoms with Gasteiger partial charge in [0.15, 0.2) is 0 Å². The molecule has 0 saturated carbocycles. The van der Waals surface area contributed by atoms with E-state index in [4.69, 9.17) is 9.26 Å². The molecule has 0 radical (unpaired) electrons. The van der Waals surface area contributed by atoms with Crippen LogP contribution in [0.15, 0.2) is 59.1 Å². The molecule has 2 aliphatic heterocycles. The van der Waals surface area contributed by atoms with Gasteiger partial charge in [0.1, 0.15) is 5.75 Å². The molecule has 2 aromatic carbocycles. The fourth-order valence-electron chi connectivity index (χ4n) is 5.10. The van der Waals surface area contributed by atoms with Crippen LogP contribution in [0, 0.1) is 5.41 Å². The Kier molecular flexibility index (Phi) is 5.43. The maximum absolute atomic E-state index is 12.8. The highest BCUT2D eigenvalue weighted by molar-refractivity contribution is 5.77. The van der Waals surface area contributed by atoms with E-state index in [1.807, 2.05) is 59.5 Å². The lowest BCUT2D eigenvalue weighted by Crippen LogP contribution is -2.59. The van der Waals surface area contributed by atoms with Crippen LogP contribution in [0.1, 0.15) is 30.3 Å². The minimum atomic E-state index is 0.0887. The molecule has 0 bridgehead atoms. The van der Waals surface area contributed by atoms with Gasteiger partial charge in [0.25, 0.3) is 0 Å². The number of para-hydroxylation sites is 1. The number of nitrogens with zero attached hydrogens (tertiary/aromatic N) is 4. The molecule has 2 saturated heterocycles. The Bertz CT molecular complexity index is 1090. The van der Waals surface area contributed by atoms with Crippen LogP contribution in [0.3, 0.4) is 0 Å². The number of aryl methyl sites for hydroxylation is 1. The van der Waals surface area contributed by atoms with E-state index in [9.17, 15) is 4.79 Å². The summed E-state index contributed by atoms with van der Waals surface area (Å²) in [6.07, 6.45) is 2.12. The third-order valence-corrected chi connectivity index (χ3v) is 6.71. The van der Waals surface area contributed by atoms with Gasteiger partial charge in [-0.1, -0.05) is 53.7 Å². The van der Waals surface area contributed by atoms with Crippen molar-refractivity contribution < 1.29 is 14.1 Å². The summed E-state index contributed by atoms with van der Waals surface area (Å²) in [6, 6.07) is 17.8. The van der Waals surface area contributed by atoms with Gasteiger partial charge < -0.3 is 14.2 Å². The summed E-state index contributed by atoms with van der Waals surface area (Å²) in [5.74, 6) is 2.33. The number of rotatable bonds is 6. The average Bonchev–Trinajstić information content (AvgIpc) is 3.42. The molecule has 1 aromatic heterocycles.